The van der Waals surface area contributed by atoms with Crippen LogP contribution in [-0.4, -0.2) is 13.2 Å². The first-order valence-corrected chi connectivity index (χ1v) is 4.79. The molecule has 0 aliphatic carbocycles. The molecule has 0 radical (unpaired) electrons. The second-order valence-corrected chi connectivity index (χ2v) is 3.22. The maximum Gasteiger partial charge on any atom is 0.147 e. The van der Waals surface area contributed by atoms with Crippen molar-refractivity contribution in [2.24, 2.45) is 0 Å². The number of hydrogen-bond acceptors (Lipinski definition) is 3. The third kappa shape index (κ3) is 1.29. The van der Waals surface area contributed by atoms with E-state index in [4.69, 9.17) is 10.00 Å². The fraction of sp³-hybridized carbons (Fsp3) is 0.364. The SMILES string of the molecule is CCc1ccc(C#N)c2c1OCCN2. The molecule has 3 nitrogen and oxygen atoms in total. The average molecular weight is 188 g/mol. The summed E-state index contributed by atoms with van der Waals surface area (Å²) in [6.45, 7) is 3.53. The van der Waals surface area contributed by atoms with Crippen molar-refractivity contribution in [3.63, 3.8) is 0 Å². The van der Waals surface area contributed by atoms with Crippen molar-refractivity contribution >= 4 is 5.69 Å². The van der Waals surface area contributed by atoms with E-state index >= 15 is 0 Å². The van der Waals surface area contributed by atoms with Gasteiger partial charge in [0.2, 0.25) is 0 Å². The molecule has 0 amide bonds. The van der Waals surface area contributed by atoms with E-state index in [2.05, 4.69) is 18.3 Å². The van der Waals surface area contributed by atoms with Gasteiger partial charge in [-0.05, 0) is 18.1 Å². The zero-order valence-corrected chi connectivity index (χ0v) is 8.13. The van der Waals surface area contributed by atoms with Gasteiger partial charge in [0, 0.05) is 6.54 Å². The van der Waals surface area contributed by atoms with E-state index in [1.54, 1.807) is 0 Å². The minimum absolute atomic E-state index is 0.664. The van der Waals surface area contributed by atoms with Crippen LogP contribution in [0.25, 0.3) is 0 Å². The Hall–Kier alpha value is -1.69. The first-order valence-electron chi connectivity index (χ1n) is 4.79. The van der Waals surface area contributed by atoms with E-state index in [0.717, 1.165) is 30.0 Å². The van der Waals surface area contributed by atoms with Crippen LogP contribution in [-0.2, 0) is 6.42 Å². The number of ether oxygens (including phenoxy) is 1. The molecule has 1 N–H and O–H groups in total. The highest BCUT2D eigenvalue weighted by molar-refractivity contribution is 5.69. The smallest absolute Gasteiger partial charge is 0.147 e. The predicted octanol–water partition coefficient (Wildman–Crippen LogP) is 1.92. The minimum Gasteiger partial charge on any atom is -0.489 e. The molecule has 72 valence electrons. The van der Waals surface area contributed by atoms with Crippen LogP contribution < -0.4 is 10.1 Å². The molecule has 1 aromatic rings. The first-order chi connectivity index (χ1) is 6.86. The zero-order chi connectivity index (χ0) is 9.97. The third-order valence-corrected chi connectivity index (χ3v) is 2.39. The number of nitrogens with zero attached hydrogens (tertiary/aromatic N) is 1. The van der Waals surface area contributed by atoms with E-state index in [9.17, 15) is 0 Å². The Morgan fingerprint density at radius 2 is 2.43 bits per heavy atom. The van der Waals surface area contributed by atoms with Crippen molar-refractivity contribution in [1.82, 2.24) is 0 Å². The van der Waals surface area contributed by atoms with Crippen molar-refractivity contribution in [1.29, 1.82) is 5.26 Å². The molecular formula is C11H12N2O. The molecule has 1 heterocycles. The molecule has 1 aromatic carbocycles. The lowest BCUT2D eigenvalue weighted by atomic mass is 10.1. The highest BCUT2D eigenvalue weighted by Crippen LogP contribution is 2.34. The van der Waals surface area contributed by atoms with Crippen LogP contribution in [0.1, 0.15) is 18.1 Å². The van der Waals surface area contributed by atoms with Gasteiger partial charge in [0.25, 0.3) is 0 Å². The maximum atomic E-state index is 8.91. The second kappa shape index (κ2) is 3.59. The van der Waals surface area contributed by atoms with Crippen LogP contribution in [0.4, 0.5) is 5.69 Å². The van der Waals surface area contributed by atoms with E-state index in [1.165, 1.54) is 0 Å². The number of nitrogens with one attached hydrogen (secondary N) is 1. The van der Waals surface area contributed by atoms with Crippen LogP contribution in [0.5, 0.6) is 5.75 Å². The Labute approximate surface area is 83.3 Å². The molecule has 0 atom stereocenters. The largest absolute Gasteiger partial charge is 0.489 e. The summed E-state index contributed by atoms with van der Waals surface area (Å²) in [5.74, 6) is 0.859. The first kappa shape index (κ1) is 8.89. The summed E-state index contributed by atoms with van der Waals surface area (Å²) in [6, 6.07) is 5.97. The summed E-state index contributed by atoms with van der Waals surface area (Å²) >= 11 is 0. The minimum atomic E-state index is 0.664. The Morgan fingerprint density at radius 3 is 3.14 bits per heavy atom. The molecule has 14 heavy (non-hydrogen) atoms. The van der Waals surface area contributed by atoms with Gasteiger partial charge in [-0.15, -0.1) is 0 Å². The number of hydrogen-bond donors (Lipinski definition) is 1. The number of aryl methyl sites for hydroxylation is 1. The fourth-order valence-electron chi connectivity index (χ4n) is 1.67. The lowest BCUT2D eigenvalue weighted by Crippen LogP contribution is -2.20. The molecule has 0 saturated heterocycles. The normalized spacial score (nSPS) is 13.4. The topological polar surface area (TPSA) is 45.0 Å². The molecule has 0 unspecified atom stereocenters. The molecule has 3 heteroatoms. The Balaban J connectivity index is 2.57. The third-order valence-electron chi connectivity index (χ3n) is 2.39. The van der Waals surface area contributed by atoms with Crippen molar-refractivity contribution in [3.8, 4) is 11.8 Å². The summed E-state index contributed by atoms with van der Waals surface area (Å²) in [4.78, 5) is 0. The molecular weight excluding hydrogens is 176 g/mol. The lowest BCUT2D eigenvalue weighted by molar-refractivity contribution is 0.320. The van der Waals surface area contributed by atoms with Gasteiger partial charge in [-0.3, -0.25) is 0 Å². The predicted molar refractivity (Wildman–Crippen MR) is 54.5 cm³/mol. The van der Waals surface area contributed by atoms with E-state index in [-0.39, 0.29) is 0 Å². The van der Waals surface area contributed by atoms with Crippen LogP contribution >= 0.6 is 0 Å². The van der Waals surface area contributed by atoms with Crippen LogP contribution in [0, 0.1) is 11.3 Å². The van der Waals surface area contributed by atoms with Gasteiger partial charge in [-0.1, -0.05) is 13.0 Å². The summed E-state index contributed by atoms with van der Waals surface area (Å²) in [5.41, 5.74) is 2.68. The maximum absolute atomic E-state index is 8.91. The average Bonchev–Trinajstić information content (AvgIpc) is 2.27. The quantitative estimate of drug-likeness (QED) is 0.732. The zero-order valence-electron chi connectivity index (χ0n) is 8.13. The highest BCUT2D eigenvalue weighted by Gasteiger charge is 2.16. The Kier molecular flexibility index (Phi) is 2.28. The number of anilines is 1. The molecule has 0 spiro atoms. The van der Waals surface area contributed by atoms with E-state index in [0.29, 0.717) is 12.2 Å². The van der Waals surface area contributed by atoms with Gasteiger partial charge < -0.3 is 10.1 Å². The summed E-state index contributed by atoms with van der Waals surface area (Å²) in [5, 5.41) is 12.1. The van der Waals surface area contributed by atoms with Gasteiger partial charge in [0.1, 0.15) is 18.4 Å². The van der Waals surface area contributed by atoms with Gasteiger partial charge in [0.05, 0.1) is 11.3 Å². The van der Waals surface area contributed by atoms with Crippen molar-refractivity contribution in [2.75, 3.05) is 18.5 Å². The van der Waals surface area contributed by atoms with Gasteiger partial charge in [-0.2, -0.15) is 5.26 Å². The number of benzene rings is 1. The standard InChI is InChI=1S/C11H12N2O/c1-2-8-3-4-9(7-12)10-11(8)14-6-5-13-10/h3-4,13H,2,5-6H2,1H3. The second-order valence-electron chi connectivity index (χ2n) is 3.22. The summed E-state index contributed by atoms with van der Waals surface area (Å²) < 4.78 is 5.57. The molecule has 0 fully saturated rings. The fourth-order valence-corrected chi connectivity index (χ4v) is 1.67. The van der Waals surface area contributed by atoms with Gasteiger partial charge >= 0.3 is 0 Å². The summed E-state index contributed by atoms with van der Waals surface area (Å²) in [6.07, 6.45) is 0.926. The Bertz CT molecular complexity index is 393. The molecule has 0 aromatic heterocycles. The van der Waals surface area contributed by atoms with E-state index in [1.807, 2.05) is 12.1 Å². The molecule has 1 aliphatic rings. The van der Waals surface area contributed by atoms with Crippen LogP contribution in [0.2, 0.25) is 0 Å². The van der Waals surface area contributed by atoms with Crippen LogP contribution in [0.3, 0.4) is 0 Å². The molecule has 2 rings (SSSR count). The van der Waals surface area contributed by atoms with Crippen molar-refractivity contribution in [3.05, 3.63) is 23.3 Å². The lowest BCUT2D eigenvalue weighted by Gasteiger charge is -2.22. The summed E-state index contributed by atoms with van der Waals surface area (Å²) in [7, 11) is 0. The molecule has 0 bridgehead atoms. The highest BCUT2D eigenvalue weighted by atomic mass is 16.5. The Morgan fingerprint density at radius 1 is 1.57 bits per heavy atom. The number of nitriles is 1. The molecule has 0 saturated carbocycles. The van der Waals surface area contributed by atoms with Gasteiger partial charge in [0.15, 0.2) is 0 Å². The van der Waals surface area contributed by atoms with E-state index < -0.39 is 0 Å². The van der Waals surface area contributed by atoms with Gasteiger partial charge in [-0.25, -0.2) is 0 Å². The number of fused-ring (bicyclic) bond motifs is 1. The van der Waals surface area contributed by atoms with Crippen LogP contribution in [0.15, 0.2) is 12.1 Å². The number of rotatable bonds is 1. The molecule has 1 aliphatic heterocycles. The van der Waals surface area contributed by atoms with Crippen molar-refractivity contribution < 1.29 is 4.74 Å². The van der Waals surface area contributed by atoms with Crippen molar-refractivity contribution in [2.45, 2.75) is 13.3 Å². The monoisotopic (exact) mass is 188 g/mol.